The number of hydrogen-bond donors (Lipinski definition) is 8. The maximum absolute atomic E-state index is 15.0. The lowest BCUT2D eigenvalue weighted by Crippen LogP contribution is -2.64. The molecule has 5 saturated carbocycles. The van der Waals surface area contributed by atoms with Gasteiger partial charge in [-0.2, -0.15) is 52.7 Å². The number of rotatable bonds is 9. The molecule has 12 atom stereocenters. The fourth-order valence-corrected chi connectivity index (χ4v) is 12.0. The molecule has 0 aliphatic heterocycles. The van der Waals surface area contributed by atoms with Crippen molar-refractivity contribution in [1.29, 1.82) is 0 Å². The van der Waals surface area contributed by atoms with Crippen LogP contribution in [0.1, 0.15) is 103 Å². The van der Waals surface area contributed by atoms with Crippen LogP contribution in [-0.4, -0.2) is 113 Å². The maximum Gasteiger partial charge on any atom is 0.403 e. The zero-order valence-electron chi connectivity index (χ0n) is 33.6. The largest absolute Gasteiger partial charge is 0.403 e. The summed E-state index contributed by atoms with van der Waals surface area (Å²) in [4.78, 5) is 26.9. The third-order valence-electron chi connectivity index (χ3n) is 15.3. The van der Waals surface area contributed by atoms with Crippen LogP contribution in [0.2, 0.25) is 0 Å². The highest BCUT2D eigenvalue weighted by molar-refractivity contribution is 5.81. The second kappa shape index (κ2) is 18.4. The van der Waals surface area contributed by atoms with E-state index in [9.17, 15) is 82.7 Å². The van der Waals surface area contributed by atoms with Gasteiger partial charge in [-0.15, -0.1) is 0 Å². The fraction of sp³-hybridized carbons (Fsp3) is 0.949. The van der Waals surface area contributed by atoms with Crippen LogP contribution in [0, 0.1) is 46.3 Å². The van der Waals surface area contributed by atoms with Crippen LogP contribution >= 0.6 is 0 Å². The minimum atomic E-state index is -5.80. The molecule has 0 heterocycles. The van der Waals surface area contributed by atoms with Crippen LogP contribution < -0.4 is 21.7 Å². The first-order chi connectivity index (χ1) is 28.1. The Balaban J connectivity index is 1.24. The number of carbonyl (C=O) groups is 2. The van der Waals surface area contributed by atoms with Crippen molar-refractivity contribution >= 4 is 11.8 Å². The third-order valence-corrected chi connectivity index (χ3v) is 15.3. The molecule has 0 saturated heterocycles. The zero-order chi connectivity index (χ0) is 45.7. The predicted molar refractivity (Wildman–Crippen MR) is 193 cm³/mol. The Bertz CT molecular complexity index is 1480. The van der Waals surface area contributed by atoms with Gasteiger partial charge in [0.1, 0.15) is 0 Å². The molecule has 0 aromatic rings. The molecule has 5 fully saturated rings. The Morgan fingerprint density at radius 2 is 0.721 bits per heavy atom. The molecule has 0 aromatic heterocycles. The molecule has 9 N–H and O–H groups in total. The summed E-state index contributed by atoms with van der Waals surface area (Å²) < 4.78 is 179. The summed E-state index contributed by atoms with van der Waals surface area (Å²) in [5, 5.41) is 49.1. The molecule has 0 aromatic carbocycles. The molecule has 22 heteroatoms. The van der Waals surface area contributed by atoms with Crippen molar-refractivity contribution in [1.82, 2.24) is 16.0 Å². The Morgan fingerprint density at radius 3 is 1.02 bits per heavy atom. The first-order valence-electron chi connectivity index (χ1n) is 21.1. The highest BCUT2D eigenvalue weighted by Crippen LogP contribution is 2.66. The van der Waals surface area contributed by atoms with E-state index in [0.29, 0.717) is 0 Å². The van der Waals surface area contributed by atoms with Crippen LogP contribution in [-0.2, 0) is 9.59 Å². The van der Waals surface area contributed by atoms with Gasteiger partial charge < -0.3 is 42.1 Å². The molecule has 354 valence electrons. The molecule has 0 spiro atoms. The number of nitrogens with one attached hydrogen (secondary N) is 3. The van der Waals surface area contributed by atoms with E-state index in [4.69, 9.17) is 5.73 Å². The molecular weight excluding hydrogens is 848 g/mol. The monoisotopic (exact) mass is 906 g/mol. The molecule has 5 aliphatic rings. The van der Waals surface area contributed by atoms with Gasteiger partial charge in [0, 0.05) is 23.9 Å². The van der Waals surface area contributed by atoms with Crippen LogP contribution in [0.5, 0.6) is 0 Å². The number of amides is 2. The Hall–Kier alpha value is -2.14. The van der Waals surface area contributed by atoms with Crippen molar-refractivity contribution < 1.29 is 82.7 Å². The van der Waals surface area contributed by atoms with Crippen molar-refractivity contribution in [2.45, 2.75) is 176 Å². The lowest BCUT2D eigenvalue weighted by molar-refractivity contribution is -0.384. The third kappa shape index (κ3) is 9.50. The number of aliphatic hydroxyl groups is 4. The van der Waals surface area contributed by atoms with E-state index in [-0.39, 0.29) is 38.5 Å². The summed E-state index contributed by atoms with van der Waals surface area (Å²) in [6.07, 6.45) is -35.9. The zero-order valence-corrected chi connectivity index (χ0v) is 33.6. The average Bonchev–Trinajstić information content (AvgIpc) is 3.14. The number of hydrogen-bond acceptors (Lipinski definition) is 8. The lowest BCUT2D eigenvalue weighted by atomic mass is 9.56. The van der Waals surface area contributed by atoms with Crippen LogP contribution in [0.15, 0.2) is 0 Å². The predicted octanol–water partition coefficient (Wildman–Crippen LogP) is 5.54. The summed E-state index contributed by atoms with van der Waals surface area (Å²) in [7, 11) is 1.33. The second-order valence-corrected chi connectivity index (χ2v) is 18.4. The van der Waals surface area contributed by atoms with Gasteiger partial charge >= 0.3 is 24.7 Å². The summed E-state index contributed by atoms with van der Waals surface area (Å²) in [6, 6.07) is -5.34. The minimum absolute atomic E-state index is 0.0318. The van der Waals surface area contributed by atoms with Crippen molar-refractivity contribution in [3.05, 3.63) is 0 Å². The van der Waals surface area contributed by atoms with Crippen LogP contribution in [0.3, 0.4) is 0 Å². The standard InChI is InChI=1S/C39H58F12N4O6/c1-53-25-15-21(7-11-29(25)57)35(38(46,47)48,39(49,50)51)23-9-13-31(59)27(17-23)55-33(61)19-4-2-18(3-5-19)32(60)54-26-16-22(8-12-30(26)58)34(36(40,41)42,37(43,44)45)20-6-10-28(56)24(52)14-20/h18-31,53,56-59H,2-17,52H2,1H3,(H,54,60)(H,55,61). The first kappa shape index (κ1) is 49.9. The van der Waals surface area contributed by atoms with Gasteiger partial charge in [0.2, 0.25) is 11.8 Å². The van der Waals surface area contributed by atoms with Crippen LogP contribution in [0.4, 0.5) is 52.7 Å². The Kier molecular flexibility index (Phi) is 15.0. The Labute approximate surface area is 345 Å². The van der Waals surface area contributed by atoms with E-state index in [1.807, 2.05) is 0 Å². The van der Waals surface area contributed by atoms with Gasteiger partial charge in [-0.05, 0) is 133 Å². The van der Waals surface area contributed by atoms with Gasteiger partial charge in [-0.1, -0.05) is 0 Å². The maximum atomic E-state index is 15.0. The van der Waals surface area contributed by atoms with Gasteiger partial charge in [-0.3, -0.25) is 9.59 Å². The minimum Gasteiger partial charge on any atom is -0.392 e. The van der Waals surface area contributed by atoms with E-state index in [1.54, 1.807) is 0 Å². The topological polar surface area (TPSA) is 177 Å². The Morgan fingerprint density at radius 1 is 0.443 bits per heavy atom. The quantitative estimate of drug-likeness (QED) is 0.139. The molecule has 0 radical (unpaired) electrons. The van der Waals surface area contributed by atoms with E-state index >= 15 is 0 Å². The summed E-state index contributed by atoms with van der Waals surface area (Å²) in [5.41, 5.74) is -2.70. The van der Waals surface area contributed by atoms with Crippen LogP contribution in [0.25, 0.3) is 0 Å². The lowest BCUT2D eigenvalue weighted by Gasteiger charge is -2.53. The second-order valence-electron chi connectivity index (χ2n) is 18.4. The SMILES string of the molecule is CNC1CC(C(C2CCC(O)C(NC(=O)C3CCC(C(=O)NC4CC(C(C5CCC(O)C(N)C5)(C(F)(F)F)C(F)(F)F)CCC4O)CC3)C2)(C(F)(F)F)C(F)(F)F)CCC1O. The molecular formula is C39H58F12N4O6. The molecule has 2 amide bonds. The molecule has 10 nitrogen and oxygen atoms in total. The number of nitrogens with two attached hydrogens (primary N) is 1. The summed E-state index contributed by atoms with van der Waals surface area (Å²) in [6.45, 7) is 0. The summed E-state index contributed by atoms with van der Waals surface area (Å²) in [5.74, 6) is -11.5. The highest BCUT2D eigenvalue weighted by atomic mass is 19.4. The normalized spacial score (nSPS) is 37.8. The van der Waals surface area contributed by atoms with E-state index in [1.165, 1.54) is 7.05 Å². The summed E-state index contributed by atoms with van der Waals surface area (Å²) >= 11 is 0. The molecule has 0 bridgehead atoms. The number of likely N-dealkylation sites (N-methyl/N-ethyl adjacent to an activating group) is 1. The van der Waals surface area contributed by atoms with E-state index in [2.05, 4.69) is 16.0 Å². The van der Waals surface area contributed by atoms with Gasteiger partial charge in [0.15, 0.2) is 10.8 Å². The van der Waals surface area contributed by atoms with Crippen molar-refractivity contribution in [2.75, 3.05) is 7.05 Å². The fourth-order valence-electron chi connectivity index (χ4n) is 12.0. The van der Waals surface area contributed by atoms with E-state index in [0.717, 1.165) is 0 Å². The van der Waals surface area contributed by atoms with E-state index < -0.39 is 196 Å². The van der Waals surface area contributed by atoms with Gasteiger partial charge in [0.25, 0.3) is 0 Å². The first-order valence-corrected chi connectivity index (χ1v) is 21.1. The molecule has 5 rings (SSSR count). The number of alkyl halides is 12. The highest BCUT2D eigenvalue weighted by Gasteiger charge is 2.78. The number of carbonyl (C=O) groups excluding carboxylic acids is 2. The smallest absolute Gasteiger partial charge is 0.392 e. The van der Waals surface area contributed by atoms with Gasteiger partial charge in [0.05, 0.1) is 36.5 Å². The molecule has 12 unspecified atom stereocenters. The van der Waals surface area contributed by atoms with Crippen molar-refractivity contribution in [2.24, 2.45) is 52.1 Å². The molecule has 61 heavy (non-hydrogen) atoms. The van der Waals surface area contributed by atoms with Crippen molar-refractivity contribution in [3.8, 4) is 0 Å². The number of halogens is 12. The molecule has 5 aliphatic carbocycles. The number of aliphatic hydroxyl groups excluding tert-OH is 4. The van der Waals surface area contributed by atoms with Crippen molar-refractivity contribution in [3.63, 3.8) is 0 Å². The van der Waals surface area contributed by atoms with Gasteiger partial charge in [-0.25, -0.2) is 0 Å². The average molecular weight is 907 g/mol.